The average Bonchev–Trinajstić information content (AvgIpc) is 2.95. The number of amides is 1. The summed E-state index contributed by atoms with van der Waals surface area (Å²) in [5, 5.41) is 7.02. The van der Waals surface area contributed by atoms with Crippen molar-refractivity contribution in [3.63, 3.8) is 0 Å². The summed E-state index contributed by atoms with van der Waals surface area (Å²) in [7, 11) is 0. The van der Waals surface area contributed by atoms with Gasteiger partial charge in [0.1, 0.15) is 5.82 Å². The second-order valence-corrected chi connectivity index (χ2v) is 6.21. The number of fused-ring (bicyclic) bond motifs is 1. The van der Waals surface area contributed by atoms with E-state index in [4.69, 9.17) is 0 Å². The standard InChI is InChI=1S/C17H18FN5O/c1-17(2,12-6-3-4-7-13(12)18)11-20-15(24)10-14-21-16-19-8-5-9-23(16)22-14/h3-9H,10-11H2,1-2H3,(H,20,24). The van der Waals surface area contributed by atoms with Crippen LogP contribution in [0.1, 0.15) is 25.2 Å². The van der Waals surface area contributed by atoms with Crippen molar-refractivity contribution in [3.05, 3.63) is 59.9 Å². The summed E-state index contributed by atoms with van der Waals surface area (Å²) in [6.45, 7) is 4.09. The maximum Gasteiger partial charge on any atom is 0.252 e. The second-order valence-electron chi connectivity index (χ2n) is 6.21. The maximum atomic E-state index is 13.9. The maximum absolute atomic E-state index is 13.9. The summed E-state index contributed by atoms with van der Waals surface area (Å²) < 4.78 is 15.5. The van der Waals surface area contributed by atoms with Gasteiger partial charge in [0.05, 0.1) is 6.42 Å². The van der Waals surface area contributed by atoms with E-state index in [1.54, 1.807) is 36.7 Å². The van der Waals surface area contributed by atoms with Crippen LogP contribution in [0.15, 0.2) is 42.7 Å². The van der Waals surface area contributed by atoms with E-state index in [2.05, 4.69) is 20.4 Å². The predicted molar refractivity (Wildman–Crippen MR) is 86.9 cm³/mol. The monoisotopic (exact) mass is 327 g/mol. The molecule has 0 unspecified atom stereocenters. The molecule has 0 aliphatic rings. The molecule has 24 heavy (non-hydrogen) atoms. The molecule has 7 heteroatoms. The summed E-state index contributed by atoms with van der Waals surface area (Å²) in [5.41, 5.74) is 0.0508. The molecule has 0 aliphatic carbocycles. The van der Waals surface area contributed by atoms with Crippen LogP contribution in [0.3, 0.4) is 0 Å². The van der Waals surface area contributed by atoms with Crippen molar-refractivity contribution < 1.29 is 9.18 Å². The minimum absolute atomic E-state index is 0.0523. The molecule has 124 valence electrons. The van der Waals surface area contributed by atoms with Crippen molar-refractivity contribution in [1.29, 1.82) is 0 Å². The first-order valence-corrected chi connectivity index (χ1v) is 7.64. The highest BCUT2D eigenvalue weighted by Gasteiger charge is 2.24. The molecule has 0 atom stereocenters. The van der Waals surface area contributed by atoms with Gasteiger partial charge in [-0.2, -0.15) is 4.98 Å². The van der Waals surface area contributed by atoms with Gasteiger partial charge in [-0.25, -0.2) is 13.9 Å². The SMILES string of the molecule is CC(C)(CNC(=O)Cc1nc2ncccn2n1)c1ccccc1F. The Bertz CT molecular complexity index is 841. The third-order valence-corrected chi connectivity index (χ3v) is 3.81. The van der Waals surface area contributed by atoms with Crippen LogP contribution in [0.5, 0.6) is 0 Å². The van der Waals surface area contributed by atoms with Crippen LogP contribution >= 0.6 is 0 Å². The van der Waals surface area contributed by atoms with E-state index < -0.39 is 5.41 Å². The molecule has 0 radical (unpaired) electrons. The summed E-state index contributed by atoms with van der Waals surface area (Å²) in [4.78, 5) is 20.4. The Morgan fingerprint density at radius 1 is 1.29 bits per heavy atom. The van der Waals surface area contributed by atoms with E-state index in [0.29, 0.717) is 23.7 Å². The smallest absolute Gasteiger partial charge is 0.252 e. The van der Waals surface area contributed by atoms with E-state index in [1.165, 1.54) is 10.6 Å². The van der Waals surface area contributed by atoms with Crippen molar-refractivity contribution in [1.82, 2.24) is 24.9 Å². The number of benzene rings is 1. The van der Waals surface area contributed by atoms with E-state index in [-0.39, 0.29) is 18.1 Å². The number of nitrogens with one attached hydrogen (secondary N) is 1. The van der Waals surface area contributed by atoms with Gasteiger partial charge in [-0.1, -0.05) is 32.0 Å². The predicted octanol–water partition coefficient (Wildman–Crippen LogP) is 1.90. The molecule has 3 aromatic rings. The molecule has 6 nitrogen and oxygen atoms in total. The Labute approximate surface area is 138 Å². The molecule has 0 saturated carbocycles. The first-order valence-electron chi connectivity index (χ1n) is 7.64. The van der Waals surface area contributed by atoms with Gasteiger partial charge in [-0.15, -0.1) is 5.10 Å². The molecule has 1 amide bonds. The lowest BCUT2D eigenvalue weighted by Crippen LogP contribution is -2.38. The topological polar surface area (TPSA) is 72.2 Å². The highest BCUT2D eigenvalue weighted by molar-refractivity contribution is 5.77. The average molecular weight is 327 g/mol. The Kier molecular flexibility index (Phi) is 4.24. The highest BCUT2D eigenvalue weighted by Crippen LogP contribution is 2.24. The second kappa shape index (κ2) is 6.35. The van der Waals surface area contributed by atoms with E-state index in [0.717, 1.165) is 0 Å². The number of nitrogens with zero attached hydrogens (tertiary/aromatic N) is 4. The lowest BCUT2D eigenvalue weighted by molar-refractivity contribution is -0.120. The number of hydrogen-bond donors (Lipinski definition) is 1. The Hall–Kier alpha value is -2.83. The molecule has 3 rings (SSSR count). The minimum atomic E-state index is -0.519. The third kappa shape index (κ3) is 3.40. The first kappa shape index (κ1) is 16.0. The highest BCUT2D eigenvalue weighted by atomic mass is 19.1. The number of carbonyl (C=O) groups is 1. The first-order chi connectivity index (χ1) is 11.5. The quantitative estimate of drug-likeness (QED) is 0.777. The molecule has 0 aliphatic heterocycles. The third-order valence-electron chi connectivity index (χ3n) is 3.81. The number of carbonyl (C=O) groups excluding carboxylic acids is 1. The van der Waals surface area contributed by atoms with Crippen LogP contribution in [0.25, 0.3) is 5.78 Å². The molecule has 0 fully saturated rings. The fourth-order valence-electron chi connectivity index (χ4n) is 2.48. The van der Waals surface area contributed by atoms with Gasteiger partial charge >= 0.3 is 0 Å². The summed E-state index contributed by atoms with van der Waals surface area (Å²) >= 11 is 0. The Morgan fingerprint density at radius 3 is 2.83 bits per heavy atom. The zero-order chi connectivity index (χ0) is 17.2. The normalized spacial score (nSPS) is 11.6. The fourth-order valence-corrected chi connectivity index (χ4v) is 2.48. The van der Waals surface area contributed by atoms with Crippen LogP contribution < -0.4 is 5.32 Å². The van der Waals surface area contributed by atoms with Gasteiger partial charge in [0, 0.05) is 24.4 Å². The lowest BCUT2D eigenvalue weighted by atomic mass is 9.84. The number of aromatic nitrogens is 4. The Morgan fingerprint density at radius 2 is 2.08 bits per heavy atom. The molecule has 0 bridgehead atoms. The van der Waals surface area contributed by atoms with Gasteiger partial charge in [-0.05, 0) is 17.7 Å². The number of rotatable bonds is 5. The van der Waals surface area contributed by atoms with E-state index >= 15 is 0 Å². The van der Waals surface area contributed by atoms with Gasteiger partial charge in [-0.3, -0.25) is 4.79 Å². The zero-order valence-electron chi connectivity index (χ0n) is 13.5. The van der Waals surface area contributed by atoms with Crippen molar-refractivity contribution in [2.24, 2.45) is 0 Å². The van der Waals surface area contributed by atoms with Gasteiger partial charge in [0.2, 0.25) is 5.91 Å². The fraction of sp³-hybridized carbons (Fsp3) is 0.294. The van der Waals surface area contributed by atoms with Crippen molar-refractivity contribution in [2.75, 3.05) is 6.54 Å². The van der Waals surface area contributed by atoms with Crippen LogP contribution in [-0.2, 0) is 16.6 Å². The molecule has 2 aromatic heterocycles. The van der Waals surface area contributed by atoms with Gasteiger partial charge in [0.25, 0.3) is 5.78 Å². The molecular weight excluding hydrogens is 309 g/mol. The molecule has 1 N–H and O–H groups in total. The zero-order valence-corrected chi connectivity index (χ0v) is 13.5. The van der Waals surface area contributed by atoms with Gasteiger partial charge < -0.3 is 5.32 Å². The molecular formula is C17H18FN5O. The summed E-state index contributed by atoms with van der Waals surface area (Å²) in [6.07, 6.45) is 3.39. The summed E-state index contributed by atoms with van der Waals surface area (Å²) in [6, 6.07) is 8.33. The van der Waals surface area contributed by atoms with Crippen molar-refractivity contribution >= 4 is 11.7 Å². The molecule has 0 spiro atoms. The van der Waals surface area contributed by atoms with E-state index in [1.807, 2.05) is 13.8 Å². The molecule has 1 aromatic carbocycles. The lowest BCUT2D eigenvalue weighted by Gasteiger charge is -2.26. The van der Waals surface area contributed by atoms with E-state index in [9.17, 15) is 9.18 Å². The number of hydrogen-bond acceptors (Lipinski definition) is 4. The van der Waals surface area contributed by atoms with Crippen LogP contribution in [0.4, 0.5) is 4.39 Å². The van der Waals surface area contributed by atoms with Crippen molar-refractivity contribution in [2.45, 2.75) is 25.7 Å². The van der Waals surface area contributed by atoms with Crippen LogP contribution in [-0.4, -0.2) is 32.0 Å². The molecule has 0 saturated heterocycles. The van der Waals surface area contributed by atoms with Crippen LogP contribution in [0.2, 0.25) is 0 Å². The Balaban J connectivity index is 1.63. The van der Waals surface area contributed by atoms with Crippen molar-refractivity contribution in [3.8, 4) is 0 Å². The molecule has 2 heterocycles. The minimum Gasteiger partial charge on any atom is -0.355 e. The van der Waals surface area contributed by atoms with Crippen LogP contribution in [0, 0.1) is 5.82 Å². The largest absolute Gasteiger partial charge is 0.355 e. The van der Waals surface area contributed by atoms with Gasteiger partial charge in [0.15, 0.2) is 5.82 Å². The number of halogens is 1. The summed E-state index contributed by atoms with van der Waals surface area (Å²) in [5.74, 6) is 0.363.